The number of hydrogen-bond acceptors (Lipinski definition) is 7. The Morgan fingerprint density at radius 3 is 2.10 bits per heavy atom. The number of rotatable bonds is 7. The highest BCUT2D eigenvalue weighted by Crippen LogP contribution is 2.60. The largest absolute Gasteiger partial charge is 0.462 e. The van der Waals surface area contributed by atoms with E-state index in [1.807, 2.05) is 0 Å². The van der Waals surface area contributed by atoms with Gasteiger partial charge in [-0.1, -0.05) is 0 Å². The molecule has 5 rings (SSSR count). The predicted molar refractivity (Wildman–Crippen MR) is 110 cm³/mol. The van der Waals surface area contributed by atoms with E-state index in [9.17, 15) is 19.2 Å². The highest BCUT2D eigenvalue weighted by molar-refractivity contribution is 6.10. The number of anilines is 1. The molecule has 168 valence electrons. The molecule has 0 aliphatic heterocycles. The van der Waals surface area contributed by atoms with E-state index in [0.717, 1.165) is 19.3 Å². The normalized spacial score (nSPS) is 28.3. The minimum absolute atomic E-state index is 0.0688. The summed E-state index contributed by atoms with van der Waals surface area (Å²) in [4.78, 5) is 49.7. The molecule has 0 saturated heterocycles. The standard InChI is InChI=1S/C23H29NO7/c1-4-29-21(27)19-18(12(2)25)13(3)31-20(19)24-17(26)11-30-22(28)23-8-14-5-15(9-23)7-16(6-14)10-23/h14-16H,4-11H2,1-3H3,(H,24,26). The third-order valence-electron chi connectivity index (χ3n) is 6.97. The Hall–Kier alpha value is -2.64. The smallest absolute Gasteiger partial charge is 0.344 e. The molecule has 8 nitrogen and oxygen atoms in total. The Bertz CT molecular complexity index is 893. The first kappa shape index (κ1) is 21.6. The lowest BCUT2D eigenvalue weighted by molar-refractivity contribution is -0.172. The molecule has 4 bridgehead atoms. The first-order chi connectivity index (χ1) is 14.7. The van der Waals surface area contributed by atoms with Crippen LogP contribution in [0.25, 0.3) is 0 Å². The van der Waals surface area contributed by atoms with Crippen LogP contribution < -0.4 is 5.32 Å². The average Bonchev–Trinajstić information content (AvgIpc) is 3.01. The van der Waals surface area contributed by atoms with Crippen LogP contribution in [0.5, 0.6) is 0 Å². The van der Waals surface area contributed by atoms with E-state index in [2.05, 4.69) is 5.32 Å². The summed E-state index contributed by atoms with van der Waals surface area (Å²) >= 11 is 0. The number of amides is 1. The fourth-order valence-corrected chi connectivity index (χ4v) is 6.26. The summed E-state index contributed by atoms with van der Waals surface area (Å²) in [5, 5.41) is 2.46. The molecule has 1 amide bonds. The lowest BCUT2D eigenvalue weighted by Crippen LogP contribution is -2.50. The fraction of sp³-hybridized carbons (Fsp3) is 0.652. The third-order valence-corrected chi connectivity index (χ3v) is 6.97. The SMILES string of the molecule is CCOC(=O)c1c(NC(=O)COC(=O)C23CC4CC(CC(C4)C2)C3)oc(C)c1C(C)=O. The molecule has 0 atom stereocenters. The van der Waals surface area contributed by atoms with E-state index in [-0.39, 0.29) is 41.1 Å². The van der Waals surface area contributed by atoms with Gasteiger partial charge in [0, 0.05) is 0 Å². The van der Waals surface area contributed by atoms with E-state index in [0.29, 0.717) is 17.8 Å². The van der Waals surface area contributed by atoms with Crippen molar-refractivity contribution in [2.75, 3.05) is 18.5 Å². The van der Waals surface area contributed by atoms with Crippen molar-refractivity contribution in [1.29, 1.82) is 0 Å². The minimum Gasteiger partial charge on any atom is -0.462 e. The van der Waals surface area contributed by atoms with Crippen LogP contribution in [0.2, 0.25) is 0 Å². The molecule has 1 N–H and O–H groups in total. The summed E-state index contributed by atoms with van der Waals surface area (Å²) in [5.41, 5.74) is -0.499. The zero-order valence-electron chi connectivity index (χ0n) is 18.2. The van der Waals surface area contributed by atoms with Crippen LogP contribution in [0, 0.1) is 30.1 Å². The Labute approximate surface area is 181 Å². The zero-order chi connectivity index (χ0) is 22.3. The number of ketones is 1. The summed E-state index contributed by atoms with van der Waals surface area (Å²) in [6.45, 7) is 4.11. The van der Waals surface area contributed by atoms with Crippen molar-refractivity contribution in [3.05, 3.63) is 16.9 Å². The van der Waals surface area contributed by atoms with Crippen LogP contribution in [0.3, 0.4) is 0 Å². The maximum absolute atomic E-state index is 12.9. The maximum Gasteiger partial charge on any atom is 0.344 e. The number of hydrogen-bond donors (Lipinski definition) is 1. The quantitative estimate of drug-likeness (QED) is 0.518. The van der Waals surface area contributed by atoms with E-state index >= 15 is 0 Å². The van der Waals surface area contributed by atoms with Crippen LogP contribution in [0.4, 0.5) is 5.88 Å². The van der Waals surface area contributed by atoms with Crippen LogP contribution in [-0.4, -0.2) is 36.8 Å². The first-order valence-electron chi connectivity index (χ1n) is 11.0. The van der Waals surface area contributed by atoms with E-state index in [1.54, 1.807) is 6.92 Å². The number of esters is 2. The highest BCUT2D eigenvalue weighted by atomic mass is 16.5. The summed E-state index contributed by atoms with van der Waals surface area (Å²) < 4.78 is 15.9. The lowest BCUT2D eigenvalue weighted by Gasteiger charge is -2.55. The second-order valence-electron chi connectivity index (χ2n) is 9.34. The van der Waals surface area contributed by atoms with E-state index in [1.165, 1.54) is 33.1 Å². The van der Waals surface area contributed by atoms with Gasteiger partial charge < -0.3 is 13.9 Å². The number of carbonyl (C=O) groups excluding carboxylic acids is 4. The van der Waals surface area contributed by atoms with Crippen molar-refractivity contribution >= 4 is 29.5 Å². The molecule has 0 aromatic carbocycles. The van der Waals surface area contributed by atoms with Gasteiger partial charge in [0.25, 0.3) is 5.91 Å². The van der Waals surface area contributed by atoms with Crippen molar-refractivity contribution in [3.63, 3.8) is 0 Å². The molecule has 1 aromatic rings. The molecule has 1 aromatic heterocycles. The van der Waals surface area contributed by atoms with Gasteiger partial charge in [-0.25, -0.2) is 4.79 Å². The number of furan rings is 1. The van der Waals surface area contributed by atoms with Crippen molar-refractivity contribution in [3.8, 4) is 0 Å². The van der Waals surface area contributed by atoms with E-state index in [4.69, 9.17) is 13.9 Å². The van der Waals surface area contributed by atoms with Gasteiger partial charge in [-0.15, -0.1) is 0 Å². The molecule has 0 spiro atoms. The lowest BCUT2D eigenvalue weighted by atomic mass is 9.49. The molecule has 1 heterocycles. The molecular formula is C23H29NO7. The van der Waals surface area contributed by atoms with Gasteiger partial charge in [-0.2, -0.15) is 0 Å². The van der Waals surface area contributed by atoms with Crippen LogP contribution in [0.1, 0.15) is 78.8 Å². The number of aryl methyl sites for hydroxylation is 1. The van der Waals surface area contributed by atoms with Crippen LogP contribution in [0.15, 0.2) is 4.42 Å². The fourth-order valence-electron chi connectivity index (χ4n) is 6.26. The third kappa shape index (κ3) is 4.00. The average molecular weight is 431 g/mol. The number of Topliss-reactive ketones (excluding diaryl/α,β-unsaturated/α-hetero) is 1. The highest BCUT2D eigenvalue weighted by Gasteiger charge is 2.55. The topological polar surface area (TPSA) is 112 Å². The van der Waals surface area contributed by atoms with Gasteiger partial charge >= 0.3 is 11.9 Å². The van der Waals surface area contributed by atoms with Gasteiger partial charge in [-0.05, 0) is 77.0 Å². The van der Waals surface area contributed by atoms with Gasteiger partial charge in [0.15, 0.2) is 12.4 Å². The Morgan fingerprint density at radius 1 is 1.00 bits per heavy atom. The first-order valence-corrected chi connectivity index (χ1v) is 11.0. The van der Waals surface area contributed by atoms with Crippen molar-refractivity contribution in [1.82, 2.24) is 0 Å². The van der Waals surface area contributed by atoms with Crippen LogP contribution in [-0.2, 0) is 19.1 Å². The zero-order valence-corrected chi connectivity index (χ0v) is 18.2. The second-order valence-corrected chi connectivity index (χ2v) is 9.34. The Morgan fingerprint density at radius 2 is 1.58 bits per heavy atom. The Balaban J connectivity index is 1.42. The molecular weight excluding hydrogens is 402 g/mol. The molecule has 31 heavy (non-hydrogen) atoms. The number of carbonyl (C=O) groups is 4. The van der Waals surface area contributed by atoms with Gasteiger partial charge in [-0.3, -0.25) is 19.7 Å². The molecule has 0 radical (unpaired) electrons. The van der Waals surface area contributed by atoms with Gasteiger partial charge in [0.05, 0.1) is 17.6 Å². The molecule has 4 aliphatic rings. The maximum atomic E-state index is 12.9. The van der Waals surface area contributed by atoms with Gasteiger partial charge in [0.2, 0.25) is 5.88 Å². The predicted octanol–water partition coefficient (Wildman–Crippen LogP) is 3.67. The van der Waals surface area contributed by atoms with Crippen molar-refractivity contribution in [2.45, 2.75) is 59.3 Å². The monoisotopic (exact) mass is 431 g/mol. The summed E-state index contributed by atoms with van der Waals surface area (Å²) in [6.07, 6.45) is 6.18. The Kier molecular flexibility index (Phi) is 5.66. The molecule has 4 aliphatic carbocycles. The van der Waals surface area contributed by atoms with Crippen molar-refractivity contribution < 1.29 is 33.1 Å². The molecule has 4 saturated carbocycles. The number of nitrogens with one attached hydrogen (secondary N) is 1. The van der Waals surface area contributed by atoms with E-state index < -0.39 is 23.9 Å². The molecule has 8 heteroatoms. The van der Waals surface area contributed by atoms with Crippen molar-refractivity contribution in [2.24, 2.45) is 23.2 Å². The summed E-state index contributed by atoms with van der Waals surface area (Å²) in [6, 6.07) is 0. The molecule has 0 unspecified atom stereocenters. The minimum atomic E-state index is -0.759. The summed E-state index contributed by atoms with van der Waals surface area (Å²) in [5.74, 6) is -0.251. The number of ether oxygens (including phenoxy) is 2. The molecule has 4 fully saturated rings. The van der Waals surface area contributed by atoms with Crippen LogP contribution >= 0.6 is 0 Å². The summed E-state index contributed by atoms with van der Waals surface area (Å²) in [7, 11) is 0. The van der Waals surface area contributed by atoms with Gasteiger partial charge in [0.1, 0.15) is 11.3 Å². The second kappa shape index (κ2) is 8.13.